The highest BCUT2D eigenvalue weighted by Crippen LogP contribution is 2.36. The summed E-state index contributed by atoms with van der Waals surface area (Å²) < 4.78 is 0. The molecule has 4 N–H and O–H groups in total. The van der Waals surface area contributed by atoms with Crippen LogP contribution < -0.4 is 11.1 Å². The van der Waals surface area contributed by atoms with Crippen LogP contribution in [0.3, 0.4) is 0 Å². The third kappa shape index (κ3) is 5.12. The average molecular weight is 332 g/mol. The summed E-state index contributed by atoms with van der Waals surface area (Å²) in [5, 5.41) is 25.0. The summed E-state index contributed by atoms with van der Waals surface area (Å²) in [6, 6.07) is -1.02. The van der Waals surface area contributed by atoms with Crippen molar-refractivity contribution in [1.82, 2.24) is 10.4 Å². The SMILES string of the molecule is CC1(C)CC(NC(=O)CSC[C@H](N)C(=O)O)CC(C)(C)N1[O]. The zero-order valence-corrected chi connectivity index (χ0v) is 14.4. The first-order valence-corrected chi connectivity index (χ1v) is 8.44. The molecule has 1 fully saturated rings. The van der Waals surface area contributed by atoms with E-state index in [0.717, 1.165) is 5.06 Å². The normalized spacial score (nSPS) is 23.0. The largest absolute Gasteiger partial charge is 0.480 e. The van der Waals surface area contributed by atoms with Crippen LogP contribution in [0.4, 0.5) is 0 Å². The van der Waals surface area contributed by atoms with E-state index >= 15 is 0 Å². The van der Waals surface area contributed by atoms with Gasteiger partial charge in [-0.25, -0.2) is 0 Å². The van der Waals surface area contributed by atoms with Crippen LogP contribution in [0.2, 0.25) is 0 Å². The second kappa shape index (κ2) is 7.16. The number of carbonyl (C=O) groups excluding carboxylic acids is 1. The maximum atomic E-state index is 12.2. The molecule has 22 heavy (non-hydrogen) atoms. The number of carbonyl (C=O) groups is 2. The third-order valence-electron chi connectivity index (χ3n) is 3.80. The second-order valence-corrected chi connectivity index (χ2v) is 8.08. The number of nitrogens with zero attached hydrogens (tertiary/aromatic N) is 1. The molecule has 1 atom stereocenters. The Kier molecular flexibility index (Phi) is 6.26. The Labute approximate surface area is 135 Å². The van der Waals surface area contributed by atoms with Gasteiger partial charge < -0.3 is 16.2 Å². The number of hydrogen-bond acceptors (Lipinski definition) is 5. The van der Waals surface area contributed by atoms with Gasteiger partial charge in [-0.05, 0) is 40.5 Å². The molecule has 0 aromatic carbocycles. The van der Waals surface area contributed by atoms with E-state index < -0.39 is 23.1 Å². The molecule has 127 valence electrons. The molecule has 1 saturated heterocycles. The number of amides is 1. The zero-order chi connectivity index (χ0) is 17.1. The molecular weight excluding hydrogens is 306 g/mol. The highest BCUT2D eigenvalue weighted by Gasteiger charge is 2.46. The first-order chi connectivity index (χ1) is 9.95. The van der Waals surface area contributed by atoms with Gasteiger partial charge in [0.25, 0.3) is 0 Å². The first kappa shape index (κ1) is 19.2. The molecule has 1 heterocycles. The highest BCUT2D eigenvalue weighted by molar-refractivity contribution is 8.00. The number of piperidine rings is 1. The van der Waals surface area contributed by atoms with Crippen LogP contribution in [-0.2, 0) is 14.8 Å². The van der Waals surface area contributed by atoms with Crippen LogP contribution in [0.5, 0.6) is 0 Å². The lowest BCUT2D eigenvalue weighted by Gasteiger charge is -2.50. The molecule has 0 saturated carbocycles. The number of carboxylic acids is 1. The van der Waals surface area contributed by atoms with E-state index in [4.69, 9.17) is 10.8 Å². The number of hydroxylamine groups is 2. The van der Waals surface area contributed by atoms with Crippen molar-refractivity contribution < 1.29 is 19.9 Å². The third-order valence-corrected chi connectivity index (χ3v) is 4.87. The van der Waals surface area contributed by atoms with Crippen LogP contribution in [0.15, 0.2) is 0 Å². The van der Waals surface area contributed by atoms with Gasteiger partial charge in [0, 0.05) is 22.9 Å². The summed E-state index contributed by atoms with van der Waals surface area (Å²) in [4.78, 5) is 22.5. The average Bonchev–Trinajstić information content (AvgIpc) is 2.34. The van der Waals surface area contributed by atoms with Crippen molar-refractivity contribution in [2.75, 3.05) is 11.5 Å². The van der Waals surface area contributed by atoms with Crippen LogP contribution in [0, 0.1) is 0 Å². The maximum absolute atomic E-state index is 12.2. The van der Waals surface area contributed by atoms with Crippen molar-refractivity contribution in [1.29, 1.82) is 0 Å². The molecule has 8 heteroatoms. The van der Waals surface area contributed by atoms with Crippen LogP contribution in [-0.4, -0.2) is 56.7 Å². The van der Waals surface area contributed by atoms with E-state index in [2.05, 4.69) is 5.32 Å². The fraction of sp³-hybridized carbons (Fsp3) is 0.857. The summed E-state index contributed by atoms with van der Waals surface area (Å²) >= 11 is 1.20. The van der Waals surface area contributed by atoms with E-state index in [1.54, 1.807) is 0 Å². The summed E-state index contributed by atoms with van der Waals surface area (Å²) in [6.07, 6.45) is 1.18. The number of carboxylic acid groups (broad SMARTS) is 1. The molecule has 1 amide bonds. The van der Waals surface area contributed by atoms with Crippen molar-refractivity contribution in [3.05, 3.63) is 0 Å². The van der Waals surface area contributed by atoms with Crippen LogP contribution in [0.25, 0.3) is 0 Å². The number of nitrogens with two attached hydrogens (primary N) is 1. The Balaban J connectivity index is 2.46. The fourth-order valence-electron chi connectivity index (χ4n) is 2.98. The summed E-state index contributed by atoms with van der Waals surface area (Å²) in [5.74, 6) is -0.865. The Morgan fingerprint density at radius 3 is 2.27 bits per heavy atom. The number of aliphatic carboxylic acids is 1. The highest BCUT2D eigenvalue weighted by atomic mass is 32.2. The van der Waals surface area contributed by atoms with Crippen LogP contribution >= 0.6 is 11.8 Å². The minimum absolute atomic E-state index is 0.0588. The van der Waals surface area contributed by atoms with Gasteiger partial charge in [0.2, 0.25) is 5.91 Å². The van der Waals surface area contributed by atoms with Crippen molar-refractivity contribution in [3.63, 3.8) is 0 Å². The molecule has 0 aromatic heterocycles. The minimum Gasteiger partial charge on any atom is -0.480 e. The van der Waals surface area contributed by atoms with E-state index in [9.17, 15) is 14.8 Å². The molecule has 0 spiro atoms. The van der Waals surface area contributed by atoms with Crippen molar-refractivity contribution in [3.8, 4) is 0 Å². The van der Waals surface area contributed by atoms with Gasteiger partial charge in [0.05, 0.1) is 5.75 Å². The van der Waals surface area contributed by atoms with Crippen molar-refractivity contribution in [2.24, 2.45) is 5.73 Å². The zero-order valence-electron chi connectivity index (χ0n) is 13.6. The van der Waals surface area contributed by atoms with Gasteiger partial charge >= 0.3 is 5.97 Å². The summed E-state index contributed by atoms with van der Waals surface area (Å²) in [6.45, 7) is 7.50. The maximum Gasteiger partial charge on any atom is 0.321 e. The molecule has 0 aliphatic carbocycles. The monoisotopic (exact) mass is 332 g/mol. The lowest BCUT2D eigenvalue weighted by molar-refractivity contribution is -0.290. The molecule has 1 aliphatic rings. The van der Waals surface area contributed by atoms with Gasteiger partial charge in [-0.3, -0.25) is 9.59 Å². The molecule has 1 aliphatic heterocycles. The summed E-state index contributed by atoms with van der Waals surface area (Å²) in [7, 11) is 0. The van der Waals surface area contributed by atoms with Gasteiger partial charge in [0.15, 0.2) is 0 Å². The number of hydrogen-bond donors (Lipinski definition) is 3. The topological polar surface area (TPSA) is 116 Å². The predicted octanol–water partition coefficient (Wildman–Crippen LogP) is 0.615. The van der Waals surface area contributed by atoms with E-state index in [0.29, 0.717) is 12.8 Å². The van der Waals surface area contributed by atoms with E-state index in [1.165, 1.54) is 11.8 Å². The fourth-order valence-corrected chi connectivity index (χ4v) is 3.77. The smallest absolute Gasteiger partial charge is 0.321 e. The Morgan fingerprint density at radius 1 is 1.32 bits per heavy atom. The van der Waals surface area contributed by atoms with E-state index in [-0.39, 0.29) is 23.5 Å². The van der Waals surface area contributed by atoms with Gasteiger partial charge in [-0.15, -0.1) is 22.0 Å². The van der Waals surface area contributed by atoms with Gasteiger partial charge in [-0.2, -0.15) is 0 Å². The quantitative estimate of drug-likeness (QED) is 0.656. The standard InChI is InChI=1S/C14H26N3O4S/c1-13(2)5-9(6-14(3,4)17(13)21)16-11(18)8-22-7-10(15)12(19)20/h9-10H,5-8,15H2,1-4H3,(H,16,18)(H,19,20)/t10-/m0/s1. The molecule has 1 rings (SSSR count). The number of thioether (sulfide) groups is 1. The van der Waals surface area contributed by atoms with Crippen LogP contribution in [0.1, 0.15) is 40.5 Å². The molecule has 1 radical (unpaired) electrons. The second-order valence-electron chi connectivity index (χ2n) is 7.05. The predicted molar refractivity (Wildman–Crippen MR) is 84.8 cm³/mol. The number of rotatable bonds is 6. The molecule has 7 nitrogen and oxygen atoms in total. The lowest BCUT2D eigenvalue weighted by atomic mass is 9.79. The van der Waals surface area contributed by atoms with Crippen molar-refractivity contribution >= 4 is 23.6 Å². The number of nitrogens with one attached hydrogen (secondary N) is 1. The Morgan fingerprint density at radius 2 is 1.82 bits per heavy atom. The van der Waals surface area contributed by atoms with Crippen molar-refractivity contribution in [2.45, 2.75) is 63.7 Å². The molecule has 0 unspecified atom stereocenters. The molecule has 0 bridgehead atoms. The Bertz CT molecular complexity index is 410. The minimum atomic E-state index is -1.07. The van der Waals surface area contributed by atoms with E-state index in [1.807, 2.05) is 27.7 Å². The van der Waals surface area contributed by atoms with Gasteiger partial charge in [-0.1, -0.05) is 0 Å². The Hall–Kier alpha value is -0.830. The lowest BCUT2D eigenvalue weighted by Crippen LogP contribution is -2.62. The summed E-state index contributed by atoms with van der Waals surface area (Å²) in [5.41, 5.74) is 4.32. The molecular formula is C14H26N3O4S. The van der Waals surface area contributed by atoms with Gasteiger partial charge in [0.1, 0.15) is 6.04 Å². The molecule has 0 aromatic rings. The first-order valence-electron chi connectivity index (χ1n) is 7.29.